The maximum absolute atomic E-state index is 12.5. The lowest BCUT2D eigenvalue weighted by Gasteiger charge is -1.92. The summed E-state index contributed by atoms with van der Waals surface area (Å²) < 4.78 is 22.7. The largest absolute Gasteiger partial charge is 0.453 e. The van der Waals surface area contributed by atoms with E-state index in [0.717, 1.165) is 0 Å². The van der Waals surface area contributed by atoms with Gasteiger partial charge in [-0.1, -0.05) is 0 Å². The van der Waals surface area contributed by atoms with Crippen molar-refractivity contribution >= 4 is 30.1 Å². The topological polar surface area (TPSA) is 69.6 Å². The van der Waals surface area contributed by atoms with Crippen molar-refractivity contribution in [2.24, 2.45) is 0 Å². The van der Waals surface area contributed by atoms with Crippen molar-refractivity contribution in [2.75, 3.05) is 0 Å². The Kier molecular flexibility index (Phi) is 3.18. The molecule has 0 N–H and O–H groups in total. The second-order valence-electron chi connectivity index (χ2n) is 5.80. The Labute approximate surface area is 147 Å². The number of ketones is 1. The minimum absolute atomic E-state index is 0.217. The van der Waals surface area contributed by atoms with Gasteiger partial charge < -0.3 is 17.7 Å². The van der Waals surface area contributed by atoms with Crippen LogP contribution in [0.4, 0.5) is 0 Å². The number of hydrogen-bond donors (Lipinski definition) is 0. The summed E-state index contributed by atoms with van der Waals surface area (Å²) in [4.78, 5) is 12.5. The molecule has 1 aliphatic heterocycles. The molecular weight excluding hydrogens is 332 g/mol. The Morgan fingerprint density at radius 2 is 0.731 bits per heavy atom. The molecule has 26 heavy (non-hydrogen) atoms. The molecule has 4 aromatic heterocycles. The molecule has 5 rings (SSSR count). The molecule has 0 unspecified atom stereocenters. The fourth-order valence-corrected chi connectivity index (χ4v) is 2.73. The van der Waals surface area contributed by atoms with Crippen LogP contribution in [0.5, 0.6) is 0 Å². The lowest BCUT2D eigenvalue weighted by molar-refractivity contribution is 0.0982. The average Bonchev–Trinajstić information content (AvgIpc) is 3.44. The Balaban J connectivity index is 1.63. The van der Waals surface area contributed by atoms with Crippen molar-refractivity contribution in [3.05, 3.63) is 83.1 Å². The van der Waals surface area contributed by atoms with Gasteiger partial charge in [-0.25, -0.2) is 0 Å². The maximum Gasteiger partial charge on any atom is 0.263 e. The molecule has 0 aliphatic carbocycles. The van der Waals surface area contributed by atoms with Crippen LogP contribution in [-0.4, -0.2) is 5.78 Å². The van der Waals surface area contributed by atoms with Crippen LogP contribution in [0, 0.1) is 0 Å². The van der Waals surface area contributed by atoms with Gasteiger partial charge in [0.15, 0.2) is 23.0 Å². The summed E-state index contributed by atoms with van der Waals surface area (Å²) in [6.45, 7) is 0. The molecule has 0 saturated heterocycles. The van der Waals surface area contributed by atoms with E-state index in [9.17, 15) is 4.79 Å². The zero-order valence-electron chi connectivity index (χ0n) is 13.5. The van der Waals surface area contributed by atoms with E-state index in [4.69, 9.17) is 17.7 Å². The first kappa shape index (κ1) is 14.6. The smallest absolute Gasteiger partial charge is 0.263 e. The average molecular weight is 344 g/mol. The van der Waals surface area contributed by atoms with Crippen LogP contribution < -0.4 is 0 Å². The van der Waals surface area contributed by atoms with E-state index in [1.165, 1.54) is 0 Å². The lowest BCUT2D eigenvalue weighted by Crippen LogP contribution is -1.96. The van der Waals surface area contributed by atoms with E-state index in [0.29, 0.717) is 34.6 Å². The van der Waals surface area contributed by atoms with Crippen LogP contribution in [-0.2, 0) is 0 Å². The first-order valence-electron chi connectivity index (χ1n) is 8.05. The van der Waals surface area contributed by atoms with Crippen LogP contribution in [0.15, 0.2) is 66.2 Å². The minimum Gasteiger partial charge on any atom is -0.453 e. The molecule has 0 atom stereocenters. The summed E-state index contributed by atoms with van der Waals surface area (Å²) in [7, 11) is 0. The zero-order valence-corrected chi connectivity index (χ0v) is 13.5. The Hall–Kier alpha value is -3.73. The van der Waals surface area contributed by atoms with E-state index in [2.05, 4.69) is 0 Å². The quantitative estimate of drug-likeness (QED) is 0.365. The molecule has 1 aliphatic rings. The molecule has 5 heterocycles. The lowest BCUT2D eigenvalue weighted by atomic mass is 10.2. The second kappa shape index (κ2) is 5.67. The molecule has 5 heteroatoms. The van der Waals surface area contributed by atoms with E-state index in [-0.39, 0.29) is 17.3 Å². The van der Waals surface area contributed by atoms with Crippen molar-refractivity contribution in [3.8, 4) is 11.5 Å². The van der Waals surface area contributed by atoms with Gasteiger partial charge in [-0.05, 0) is 72.8 Å². The molecule has 0 amide bonds. The van der Waals surface area contributed by atoms with Crippen molar-refractivity contribution in [1.29, 1.82) is 0 Å². The van der Waals surface area contributed by atoms with Crippen LogP contribution in [0.3, 0.4) is 0 Å². The van der Waals surface area contributed by atoms with Crippen LogP contribution >= 0.6 is 0 Å². The van der Waals surface area contributed by atoms with E-state index < -0.39 is 0 Å². The van der Waals surface area contributed by atoms with Crippen molar-refractivity contribution in [2.45, 2.75) is 0 Å². The molecule has 0 radical (unpaired) electrons. The fraction of sp³-hybridized carbons (Fsp3) is 0. The maximum atomic E-state index is 12.5. The second-order valence-corrected chi connectivity index (χ2v) is 5.80. The summed E-state index contributed by atoms with van der Waals surface area (Å²) >= 11 is 0. The summed E-state index contributed by atoms with van der Waals surface area (Å²) in [5.41, 5.74) is 0. The molecule has 0 aromatic carbocycles. The van der Waals surface area contributed by atoms with E-state index in [1.54, 1.807) is 48.6 Å². The Bertz CT molecular complexity index is 1070. The number of hydrogen-bond acceptors (Lipinski definition) is 5. The number of furan rings is 4. The Morgan fingerprint density at radius 1 is 0.423 bits per heavy atom. The Morgan fingerprint density at radius 3 is 1.12 bits per heavy atom. The SMILES string of the molecule is O=C1c2ccc(o2)/C=C/c2ccc(o2)-c2ccc(o2)/C=C/c2ccc1o2. The molecule has 8 bridgehead atoms. The number of carbonyl (C=O) groups excluding carboxylic acids is 1. The summed E-state index contributed by atoms with van der Waals surface area (Å²) in [6.07, 6.45) is 7.01. The molecule has 126 valence electrons. The molecule has 0 saturated carbocycles. The zero-order chi connectivity index (χ0) is 17.5. The van der Waals surface area contributed by atoms with Crippen molar-refractivity contribution < 1.29 is 22.5 Å². The minimum atomic E-state index is -0.311. The molecule has 0 fully saturated rings. The molecule has 0 spiro atoms. The fourth-order valence-electron chi connectivity index (χ4n) is 2.73. The summed E-state index contributed by atoms with van der Waals surface area (Å²) in [5.74, 6) is 3.77. The molecule has 5 nitrogen and oxygen atoms in total. The van der Waals surface area contributed by atoms with Gasteiger partial charge in [-0.3, -0.25) is 4.79 Å². The van der Waals surface area contributed by atoms with Gasteiger partial charge in [0, 0.05) is 0 Å². The van der Waals surface area contributed by atoms with Gasteiger partial charge in [0.1, 0.15) is 23.0 Å². The van der Waals surface area contributed by atoms with Gasteiger partial charge in [0.25, 0.3) is 5.78 Å². The van der Waals surface area contributed by atoms with Gasteiger partial charge in [0.05, 0.1) is 0 Å². The predicted octanol–water partition coefficient (Wildman–Crippen LogP) is 5.61. The van der Waals surface area contributed by atoms with Crippen LogP contribution in [0.25, 0.3) is 35.8 Å². The van der Waals surface area contributed by atoms with E-state index >= 15 is 0 Å². The van der Waals surface area contributed by atoms with Gasteiger partial charge in [-0.15, -0.1) is 0 Å². The normalized spacial score (nSPS) is 15.6. The monoisotopic (exact) mass is 344 g/mol. The van der Waals surface area contributed by atoms with Gasteiger partial charge >= 0.3 is 0 Å². The highest BCUT2D eigenvalue weighted by Crippen LogP contribution is 2.27. The van der Waals surface area contributed by atoms with Crippen LogP contribution in [0.1, 0.15) is 39.4 Å². The molecule has 4 aromatic rings. The predicted molar refractivity (Wildman–Crippen MR) is 95.1 cm³/mol. The number of rotatable bonds is 0. The number of fused-ring (bicyclic) bond motifs is 9. The van der Waals surface area contributed by atoms with Gasteiger partial charge in [-0.2, -0.15) is 0 Å². The highest BCUT2D eigenvalue weighted by atomic mass is 16.4. The highest BCUT2D eigenvalue weighted by Gasteiger charge is 2.17. The third-order valence-electron chi connectivity index (χ3n) is 4.02. The van der Waals surface area contributed by atoms with Crippen LogP contribution in [0.2, 0.25) is 0 Å². The highest BCUT2D eigenvalue weighted by molar-refractivity contribution is 6.05. The third kappa shape index (κ3) is 2.56. The number of carbonyl (C=O) groups is 1. The summed E-state index contributed by atoms with van der Waals surface area (Å²) in [6, 6.07) is 14.0. The third-order valence-corrected chi connectivity index (χ3v) is 4.02. The van der Waals surface area contributed by atoms with Crippen molar-refractivity contribution in [3.63, 3.8) is 0 Å². The first-order valence-corrected chi connectivity index (χ1v) is 8.05. The van der Waals surface area contributed by atoms with Crippen molar-refractivity contribution in [1.82, 2.24) is 0 Å². The van der Waals surface area contributed by atoms with E-state index in [1.807, 2.05) is 24.3 Å². The van der Waals surface area contributed by atoms with Gasteiger partial charge in [0.2, 0.25) is 0 Å². The first-order chi connectivity index (χ1) is 12.7. The molecular formula is C21H12O5. The summed E-state index contributed by atoms with van der Waals surface area (Å²) in [5, 5.41) is 0. The standard InChI is InChI=1S/C21H12O5/c22-21-19-11-7-15(25-19)3-1-13-5-9-17(23-13)18-10-6-14(24-18)2-4-16-8-12-20(21)26-16/h1-12H/b3-1+,4-2+.